The Morgan fingerprint density at radius 1 is 0.718 bits per heavy atom. The summed E-state index contributed by atoms with van der Waals surface area (Å²) in [7, 11) is 0. The third-order valence-corrected chi connectivity index (χ3v) is 11.7. The van der Waals surface area contributed by atoms with Crippen LogP contribution in [0.5, 0.6) is 0 Å². The number of rotatable bonds is 2. The van der Waals surface area contributed by atoms with Crippen LogP contribution in [0.4, 0.5) is 0 Å². The van der Waals surface area contributed by atoms with Crippen molar-refractivity contribution in [1.82, 2.24) is 25.1 Å². The summed E-state index contributed by atoms with van der Waals surface area (Å²) >= 11 is 0. The summed E-state index contributed by atoms with van der Waals surface area (Å²) in [5.41, 5.74) is 10.8. The monoisotopic (exact) mass is 698 g/mol. The topological polar surface area (TPSA) is 66.9 Å². The molecule has 4 aliphatic carbocycles. The number of hydrogen-bond acceptors (Lipinski definition) is 3. The van der Waals surface area contributed by atoms with E-state index in [1.54, 1.807) is 0 Å². The van der Waals surface area contributed by atoms with Gasteiger partial charge in [0.25, 0.3) is 0 Å². The van der Waals surface area contributed by atoms with Crippen LogP contribution in [0.1, 0.15) is 101 Å². The normalized spacial score (nSPS) is 29.8. The van der Waals surface area contributed by atoms with E-state index < -0.39 is 0 Å². The van der Waals surface area contributed by atoms with Crippen LogP contribution in [0.25, 0.3) is 22.8 Å². The van der Waals surface area contributed by atoms with E-state index in [9.17, 15) is 0 Å². The average Bonchev–Trinajstić information content (AvgIpc) is 3.70. The van der Waals surface area contributed by atoms with Crippen molar-refractivity contribution in [3.8, 4) is 22.8 Å². The summed E-state index contributed by atoms with van der Waals surface area (Å²) in [6, 6.07) is 12.1. The fraction of sp³-hybridized carbons (Fsp3) is 0.485. The van der Waals surface area contributed by atoms with Gasteiger partial charge in [-0.3, -0.25) is 9.97 Å². The van der Waals surface area contributed by atoms with Crippen molar-refractivity contribution in [1.29, 1.82) is 0 Å². The van der Waals surface area contributed by atoms with Gasteiger partial charge in [-0.25, -0.2) is 0 Å². The molecular formula is C33H37N5Pt. The van der Waals surface area contributed by atoms with E-state index in [1.807, 2.05) is 42.7 Å². The second-order valence-electron chi connectivity index (χ2n) is 13.5. The fourth-order valence-electron chi connectivity index (χ4n) is 8.56. The van der Waals surface area contributed by atoms with Crippen molar-refractivity contribution in [3.05, 3.63) is 77.4 Å². The summed E-state index contributed by atoms with van der Waals surface area (Å²) in [4.78, 5) is 13.6. The first-order valence-corrected chi connectivity index (χ1v) is 14.1. The molecule has 2 fully saturated rings. The standard InChI is InChI=1S/C17H19N2.C16H18N3.Pt/c1-16(2)11-7-8-17(16,3)12-10-19-15(14(11)12)13-6-4-5-9-18-13;1-15(2)10-7-8-16(15,3)14-12(10)13(18-19-14)11-6-4-5-9-17-11;/h4-6,9-11H,7-8H2,1-3H3;4-6,9-10H,7-8H2,1-3H3;/q2*-1;+2. The molecule has 6 heteroatoms. The van der Waals surface area contributed by atoms with Gasteiger partial charge >= 0.3 is 21.1 Å². The van der Waals surface area contributed by atoms with Crippen LogP contribution in [0.3, 0.4) is 0 Å². The maximum Gasteiger partial charge on any atom is 2.00 e. The first kappa shape index (κ1) is 26.7. The van der Waals surface area contributed by atoms with Gasteiger partial charge in [0, 0.05) is 34.9 Å². The molecule has 4 heterocycles. The van der Waals surface area contributed by atoms with Gasteiger partial charge in [-0.05, 0) is 83.6 Å². The van der Waals surface area contributed by atoms with Gasteiger partial charge in [0.05, 0.1) is 0 Å². The minimum absolute atomic E-state index is 0. The minimum Gasteiger partial charge on any atom is -0.662 e. The molecule has 4 unspecified atom stereocenters. The SMILES string of the molecule is CC12CCC(c3c1c[n-]c3-c1ccccn1)C2(C)C.CC12CCC(c3c1n[n-]c3-c1ccccn1)C2(C)C.[Pt+2]. The van der Waals surface area contributed by atoms with Crippen molar-refractivity contribution >= 4 is 0 Å². The van der Waals surface area contributed by atoms with Crippen LogP contribution in [0.15, 0.2) is 55.0 Å². The fourth-order valence-corrected chi connectivity index (χ4v) is 8.56. The first-order chi connectivity index (χ1) is 18.1. The molecular weight excluding hydrogens is 661 g/mol. The molecule has 0 N–H and O–H groups in total. The molecule has 4 aromatic rings. The zero-order chi connectivity index (χ0) is 26.5. The second-order valence-corrected chi connectivity index (χ2v) is 13.5. The zero-order valence-corrected chi connectivity index (χ0v) is 26.0. The van der Waals surface area contributed by atoms with Gasteiger partial charge in [0.2, 0.25) is 0 Å². The molecule has 4 aromatic heterocycles. The van der Waals surface area contributed by atoms with Crippen molar-refractivity contribution < 1.29 is 21.1 Å². The zero-order valence-electron chi connectivity index (χ0n) is 23.7. The number of aromatic nitrogens is 5. The molecule has 204 valence electrons. The second kappa shape index (κ2) is 8.74. The van der Waals surface area contributed by atoms with Crippen LogP contribution in [-0.4, -0.2) is 15.1 Å². The van der Waals surface area contributed by atoms with Gasteiger partial charge in [-0.2, -0.15) is 6.20 Å². The summed E-state index contributed by atoms with van der Waals surface area (Å²) in [5, 5.41) is 8.98. The Morgan fingerprint density at radius 3 is 1.90 bits per heavy atom. The van der Waals surface area contributed by atoms with Gasteiger partial charge in [0.15, 0.2) is 0 Å². The predicted octanol–water partition coefficient (Wildman–Crippen LogP) is 7.15. The van der Waals surface area contributed by atoms with Crippen molar-refractivity contribution in [2.75, 3.05) is 0 Å². The van der Waals surface area contributed by atoms with E-state index in [0.717, 1.165) is 22.8 Å². The van der Waals surface area contributed by atoms with Crippen molar-refractivity contribution in [3.63, 3.8) is 0 Å². The van der Waals surface area contributed by atoms with Crippen LogP contribution >= 0.6 is 0 Å². The summed E-state index contributed by atoms with van der Waals surface area (Å²) in [6.45, 7) is 14.4. The molecule has 4 atom stereocenters. The van der Waals surface area contributed by atoms with Crippen LogP contribution in [0, 0.1) is 10.8 Å². The van der Waals surface area contributed by atoms with Gasteiger partial charge < -0.3 is 15.2 Å². The number of nitrogens with zero attached hydrogens (tertiary/aromatic N) is 5. The summed E-state index contributed by atoms with van der Waals surface area (Å²) < 4.78 is 0. The average molecular weight is 699 g/mol. The third kappa shape index (κ3) is 3.32. The molecule has 0 amide bonds. The van der Waals surface area contributed by atoms with Gasteiger partial charge in [-0.1, -0.05) is 70.5 Å². The molecule has 0 aliphatic heterocycles. The third-order valence-electron chi connectivity index (χ3n) is 11.7. The molecule has 8 rings (SSSR count). The Kier molecular flexibility index (Phi) is 5.98. The maximum atomic E-state index is 4.70. The van der Waals surface area contributed by atoms with Crippen molar-refractivity contribution in [2.45, 2.75) is 89.9 Å². The van der Waals surface area contributed by atoms with Gasteiger partial charge in [-0.15, -0.1) is 5.69 Å². The molecule has 39 heavy (non-hydrogen) atoms. The molecule has 0 saturated heterocycles. The van der Waals surface area contributed by atoms with E-state index in [-0.39, 0.29) is 31.9 Å². The minimum atomic E-state index is 0. The van der Waals surface area contributed by atoms with Crippen LogP contribution in [-0.2, 0) is 31.9 Å². The quantitative estimate of drug-likeness (QED) is 0.223. The van der Waals surface area contributed by atoms with E-state index in [0.29, 0.717) is 22.7 Å². The van der Waals surface area contributed by atoms with E-state index in [1.165, 1.54) is 48.1 Å². The Hall–Kier alpha value is -2.52. The number of pyridine rings is 2. The van der Waals surface area contributed by atoms with Crippen molar-refractivity contribution in [2.24, 2.45) is 10.8 Å². The Bertz CT molecular complexity index is 1400. The predicted molar refractivity (Wildman–Crippen MR) is 150 cm³/mol. The smallest absolute Gasteiger partial charge is 0.662 e. The molecule has 0 radical (unpaired) electrons. The summed E-state index contributed by atoms with van der Waals surface area (Å²) in [6.07, 6.45) is 10.9. The van der Waals surface area contributed by atoms with Gasteiger partial charge in [0.1, 0.15) is 0 Å². The number of fused-ring (bicyclic) bond motifs is 10. The molecule has 4 aliphatic rings. The molecule has 5 nitrogen and oxygen atoms in total. The molecule has 4 bridgehead atoms. The van der Waals surface area contributed by atoms with Crippen LogP contribution < -0.4 is 10.1 Å². The Balaban J connectivity index is 0.000000138. The number of hydrogen-bond donors (Lipinski definition) is 0. The Labute approximate surface area is 246 Å². The molecule has 0 aromatic carbocycles. The largest absolute Gasteiger partial charge is 2.00 e. The molecule has 2 saturated carbocycles. The van der Waals surface area contributed by atoms with E-state index in [2.05, 4.69) is 74.0 Å². The van der Waals surface area contributed by atoms with Crippen LogP contribution in [0.2, 0.25) is 0 Å². The Morgan fingerprint density at radius 2 is 1.28 bits per heavy atom. The summed E-state index contributed by atoms with van der Waals surface area (Å²) in [5.74, 6) is 1.23. The maximum absolute atomic E-state index is 4.70. The van der Waals surface area contributed by atoms with E-state index >= 15 is 0 Å². The van der Waals surface area contributed by atoms with E-state index in [4.69, 9.17) is 4.98 Å². The molecule has 0 spiro atoms. The first-order valence-electron chi connectivity index (χ1n) is 14.1.